The molecule has 37 heavy (non-hydrogen) atoms. The number of hydrogen-bond acceptors (Lipinski definition) is 0. The molecule has 0 aliphatic heterocycles. The molecule has 0 amide bonds. The Morgan fingerprint density at radius 2 is 0.757 bits per heavy atom. The van der Waals surface area contributed by atoms with Crippen molar-refractivity contribution < 1.29 is 52.7 Å². The van der Waals surface area contributed by atoms with E-state index in [1.807, 2.05) is 0 Å². The summed E-state index contributed by atoms with van der Waals surface area (Å²) < 4.78 is 158. The van der Waals surface area contributed by atoms with Crippen LogP contribution in [0.4, 0.5) is 52.7 Å². The molecule has 0 nitrogen and oxygen atoms in total. The number of halogens is 12. The SMILES string of the molecule is Cc1c(C(F)(F)F)cc(Cc2ccc(Cc3cc(C(F)(F)F)cc(C(F)(F)F)c3)cc2)cc1C(F)(F)F. The highest BCUT2D eigenvalue weighted by molar-refractivity contribution is 5.44. The second-order valence-electron chi connectivity index (χ2n) is 8.40. The summed E-state index contributed by atoms with van der Waals surface area (Å²) in [6, 6.07) is 7.68. The molecule has 12 heteroatoms. The molecule has 0 fully saturated rings. The van der Waals surface area contributed by atoms with Gasteiger partial charge < -0.3 is 0 Å². The maximum Gasteiger partial charge on any atom is 0.416 e. The first-order valence-electron chi connectivity index (χ1n) is 10.4. The zero-order valence-corrected chi connectivity index (χ0v) is 18.6. The van der Waals surface area contributed by atoms with Gasteiger partial charge in [0.1, 0.15) is 0 Å². The molecule has 0 aliphatic rings. The van der Waals surface area contributed by atoms with E-state index in [0.29, 0.717) is 24.3 Å². The van der Waals surface area contributed by atoms with Crippen molar-refractivity contribution in [3.63, 3.8) is 0 Å². The Labute approximate surface area is 202 Å². The van der Waals surface area contributed by atoms with Crippen LogP contribution in [0, 0.1) is 6.92 Å². The van der Waals surface area contributed by atoms with Crippen LogP contribution in [-0.2, 0) is 37.5 Å². The highest BCUT2D eigenvalue weighted by atomic mass is 19.4. The van der Waals surface area contributed by atoms with Gasteiger partial charge in [0.25, 0.3) is 0 Å². The molecule has 0 unspecified atom stereocenters. The molecular formula is C25H16F12. The lowest BCUT2D eigenvalue weighted by molar-refractivity contribution is -0.145. The predicted molar refractivity (Wildman–Crippen MR) is 110 cm³/mol. The Morgan fingerprint density at radius 3 is 1.05 bits per heavy atom. The van der Waals surface area contributed by atoms with Crippen LogP contribution in [0.1, 0.15) is 50.1 Å². The molecule has 3 rings (SSSR count). The van der Waals surface area contributed by atoms with E-state index in [1.165, 1.54) is 24.3 Å². The van der Waals surface area contributed by atoms with E-state index in [9.17, 15) is 52.7 Å². The van der Waals surface area contributed by atoms with Gasteiger partial charge in [0.15, 0.2) is 0 Å². The third kappa shape index (κ3) is 6.98. The summed E-state index contributed by atoms with van der Waals surface area (Å²) in [7, 11) is 0. The summed E-state index contributed by atoms with van der Waals surface area (Å²) in [5, 5.41) is 0. The number of rotatable bonds is 4. The van der Waals surface area contributed by atoms with Crippen molar-refractivity contribution in [2.75, 3.05) is 0 Å². The quantitative estimate of drug-likeness (QED) is 0.287. The maximum atomic E-state index is 13.3. The van der Waals surface area contributed by atoms with Gasteiger partial charge in [-0.15, -0.1) is 0 Å². The van der Waals surface area contributed by atoms with Gasteiger partial charge in [-0.1, -0.05) is 24.3 Å². The topological polar surface area (TPSA) is 0 Å². The molecule has 0 bridgehead atoms. The minimum atomic E-state index is -5.02. The normalized spacial score (nSPS) is 13.2. The predicted octanol–water partition coefficient (Wildman–Crippen LogP) is 9.25. The highest BCUT2D eigenvalue weighted by Gasteiger charge is 2.40. The highest BCUT2D eigenvalue weighted by Crippen LogP contribution is 2.40. The molecule has 0 saturated carbocycles. The summed E-state index contributed by atoms with van der Waals surface area (Å²) in [6.07, 6.45) is -20.7. The van der Waals surface area contributed by atoms with Crippen LogP contribution in [0.25, 0.3) is 0 Å². The maximum absolute atomic E-state index is 13.3. The molecule has 0 spiro atoms. The zero-order valence-electron chi connectivity index (χ0n) is 18.6. The van der Waals surface area contributed by atoms with Gasteiger partial charge in [0.2, 0.25) is 0 Å². The zero-order chi connectivity index (χ0) is 28.0. The van der Waals surface area contributed by atoms with Crippen LogP contribution in [0.15, 0.2) is 54.6 Å². The average Bonchev–Trinajstić information content (AvgIpc) is 2.73. The van der Waals surface area contributed by atoms with Crippen LogP contribution in [0.5, 0.6) is 0 Å². The lowest BCUT2D eigenvalue weighted by Gasteiger charge is -2.18. The third-order valence-corrected chi connectivity index (χ3v) is 5.57. The van der Waals surface area contributed by atoms with Crippen molar-refractivity contribution in [1.29, 1.82) is 0 Å². The van der Waals surface area contributed by atoms with E-state index in [4.69, 9.17) is 0 Å². The summed E-state index contributed by atoms with van der Waals surface area (Å²) in [5.74, 6) is 0. The van der Waals surface area contributed by atoms with Gasteiger partial charge in [-0.2, -0.15) is 52.7 Å². The lowest BCUT2D eigenvalue weighted by atomic mass is 9.93. The largest absolute Gasteiger partial charge is 0.416 e. The Bertz CT molecular complexity index is 1190. The molecule has 0 radical (unpaired) electrons. The molecule has 0 saturated heterocycles. The van der Waals surface area contributed by atoms with Gasteiger partial charge in [0, 0.05) is 0 Å². The second-order valence-corrected chi connectivity index (χ2v) is 8.40. The van der Waals surface area contributed by atoms with Crippen LogP contribution in [0.2, 0.25) is 0 Å². The first kappa shape index (κ1) is 28.4. The minimum Gasteiger partial charge on any atom is -0.166 e. The Hall–Kier alpha value is -3.18. The third-order valence-electron chi connectivity index (χ3n) is 5.57. The molecule has 0 aromatic heterocycles. The summed E-state index contributed by atoms with van der Waals surface area (Å²) in [6.45, 7) is 0.724. The first-order valence-corrected chi connectivity index (χ1v) is 10.4. The standard InChI is InChI=1S/C25H16F12/c1-13-20(24(32,33)34)10-17(11-21(13)25(35,36)37)7-15-4-2-14(3-5-15)6-16-8-18(22(26,27)28)12-19(9-16)23(29,30)31/h2-5,8-12H,6-7H2,1H3. The van der Waals surface area contributed by atoms with Crippen molar-refractivity contribution in [3.8, 4) is 0 Å². The van der Waals surface area contributed by atoms with E-state index in [1.54, 1.807) is 0 Å². The number of benzene rings is 3. The second kappa shape index (κ2) is 9.60. The molecule has 0 aliphatic carbocycles. The summed E-state index contributed by atoms with van der Waals surface area (Å²) >= 11 is 0. The van der Waals surface area contributed by atoms with E-state index in [-0.39, 0.29) is 41.2 Å². The number of alkyl halides is 12. The molecular weight excluding hydrogens is 528 g/mol. The molecule has 0 N–H and O–H groups in total. The van der Waals surface area contributed by atoms with E-state index in [0.717, 1.165) is 6.92 Å². The van der Waals surface area contributed by atoms with Crippen LogP contribution in [0.3, 0.4) is 0 Å². The molecule has 0 heterocycles. The summed E-state index contributed by atoms with van der Waals surface area (Å²) in [5.41, 5.74) is -6.76. The van der Waals surface area contributed by atoms with E-state index < -0.39 is 52.5 Å². The average molecular weight is 544 g/mol. The number of hydrogen-bond donors (Lipinski definition) is 0. The minimum absolute atomic E-state index is 0.00141. The fourth-order valence-corrected chi connectivity index (χ4v) is 3.83. The van der Waals surface area contributed by atoms with Gasteiger partial charge in [-0.3, -0.25) is 0 Å². The van der Waals surface area contributed by atoms with Crippen molar-refractivity contribution in [2.45, 2.75) is 44.5 Å². The van der Waals surface area contributed by atoms with Crippen LogP contribution >= 0.6 is 0 Å². The first-order chi connectivity index (χ1) is 16.7. The van der Waals surface area contributed by atoms with Gasteiger partial charge in [-0.25, -0.2) is 0 Å². The smallest absolute Gasteiger partial charge is 0.166 e. The van der Waals surface area contributed by atoms with Crippen molar-refractivity contribution in [1.82, 2.24) is 0 Å². The van der Waals surface area contributed by atoms with E-state index >= 15 is 0 Å². The fourth-order valence-electron chi connectivity index (χ4n) is 3.83. The van der Waals surface area contributed by atoms with Gasteiger partial charge in [-0.05, 0) is 77.9 Å². The lowest BCUT2D eigenvalue weighted by Crippen LogP contribution is -2.15. The van der Waals surface area contributed by atoms with Crippen LogP contribution < -0.4 is 0 Å². The molecule has 200 valence electrons. The monoisotopic (exact) mass is 544 g/mol. The van der Waals surface area contributed by atoms with Crippen molar-refractivity contribution in [2.24, 2.45) is 0 Å². The molecule has 3 aromatic rings. The van der Waals surface area contributed by atoms with E-state index in [2.05, 4.69) is 0 Å². The van der Waals surface area contributed by atoms with Crippen molar-refractivity contribution in [3.05, 3.63) is 105 Å². The molecule has 3 aromatic carbocycles. The van der Waals surface area contributed by atoms with Crippen LogP contribution in [-0.4, -0.2) is 0 Å². The fraction of sp³-hybridized carbons (Fsp3) is 0.280. The van der Waals surface area contributed by atoms with Gasteiger partial charge >= 0.3 is 24.7 Å². The van der Waals surface area contributed by atoms with Crippen molar-refractivity contribution >= 4 is 0 Å². The Kier molecular flexibility index (Phi) is 7.37. The summed E-state index contributed by atoms with van der Waals surface area (Å²) in [4.78, 5) is 0. The Balaban J connectivity index is 1.90. The van der Waals surface area contributed by atoms with Gasteiger partial charge in [0.05, 0.1) is 22.3 Å². The Morgan fingerprint density at radius 1 is 0.432 bits per heavy atom. The molecule has 0 atom stereocenters.